The average Bonchev–Trinajstić information content (AvgIpc) is 2.43. The van der Waals surface area contributed by atoms with Crippen LogP contribution in [-0.4, -0.2) is 18.6 Å². The molecule has 1 rings (SSSR count). The molecule has 1 atom stereocenters. The molecule has 3 nitrogen and oxygen atoms in total. The molecule has 0 aromatic heterocycles. The molecule has 0 aromatic rings. The quantitative estimate of drug-likeness (QED) is 0.646. The van der Waals surface area contributed by atoms with Crippen LogP contribution in [-0.2, 0) is 9.53 Å². The number of hydrogen-bond donors (Lipinski definition) is 1. The van der Waals surface area contributed by atoms with Crippen LogP contribution in [0.4, 0.5) is 0 Å². The normalized spacial score (nSPS) is 27.2. The van der Waals surface area contributed by atoms with Crippen molar-refractivity contribution in [3.63, 3.8) is 0 Å². The second-order valence-corrected chi connectivity index (χ2v) is 3.45. The van der Waals surface area contributed by atoms with Gasteiger partial charge in [0.15, 0.2) is 0 Å². The largest absolute Gasteiger partial charge is 0.461 e. The van der Waals surface area contributed by atoms with E-state index < -0.39 is 0 Å². The maximum Gasteiger partial charge on any atom is 0.312 e. The number of nitrogens with two attached hydrogens (primary N) is 1. The number of ether oxygens (including phenoxy) is 1. The number of carbonyl (C=O) groups excluding carboxylic acids is 1. The summed E-state index contributed by atoms with van der Waals surface area (Å²) in [6, 6.07) is 0. The molecule has 0 aliphatic carbocycles. The standard InChI is InChI=1S/C9H17NO2/c1-3-9(4-2)5-7(6-10)12-8(9)11/h7H,3-6,10H2,1-2H3. The van der Waals surface area contributed by atoms with Crippen molar-refractivity contribution in [2.75, 3.05) is 6.54 Å². The molecule has 70 valence electrons. The van der Waals surface area contributed by atoms with Crippen molar-refractivity contribution < 1.29 is 9.53 Å². The van der Waals surface area contributed by atoms with Crippen LogP contribution in [0.2, 0.25) is 0 Å². The van der Waals surface area contributed by atoms with E-state index in [-0.39, 0.29) is 17.5 Å². The highest BCUT2D eigenvalue weighted by Crippen LogP contribution is 2.39. The predicted octanol–water partition coefficient (Wildman–Crippen LogP) is 1.07. The zero-order valence-corrected chi connectivity index (χ0v) is 7.80. The van der Waals surface area contributed by atoms with E-state index in [1.165, 1.54) is 0 Å². The van der Waals surface area contributed by atoms with E-state index in [0.717, 1.165) is 19.3 Å². The molecule has 0 saturated carbocycles. The maximum absolute atomic E-state index is 11.4. The highest BCUT2D eigenvalue weighted by atomic mass is 16.6. The highest BCUT2D eigenvalue weighted by molar-refractivity contribution is 5.78. The Morgan fingerprint density at radius 2 is 2.17 bits per heavy atom. The lowest BCUT2D eigenvalue weighted by Gasteiger charge is -2.19. The lowest BCUT2D eigenvalue weighted by Crippen LogP contribution is -2.24. The van der Waals surface area contributed by atoms with Crippen molar-refractivity contribution in [2.45, 2.75) is 39.2 Å². The van der Waals surface area contributed by atoms with E-state index in [1.54, 1.807) is 0 Å². The molecular formula is C9H17NO2. The first-order valence-electron chi connectivity index (χ1n) is 4.59. The van der Waals surface area contributed by atoms with Gasteiger partial charge in [0.1, 0.15) is 6.10 Å². The first-order valence-corrected chi connectivity index (χ1v) is 4.59. The van der Waals surface area contributed by atoms with Crippen molar-refractivity contribution in [3.05, 3.63) is 0 Å². The third-order valence-corrected chi connectivity index (χ3v) is 2.94. The molecule has 0 bridgehead atoms. The topological polar surface area (TPSA) is 52.3 Å². The molecule has 0 radical (unpaired) electrons. The van der Waals surface area contributed by atoms with E-state index >= 15 is 0 Å². The van der Waals surface area contributed by atoms with E-state index in [2.05, 4.69) is 0 Å². The summed E-state index contributed by atoms with van der Waals surface area (Å²) < 4.78 is 5.14. The summed E-state index contributed by atoms with van der Waals surface area (Å²) in [6.45, 7) is 4.51. The smallest absolute Gasteiger partial charge is 0.312 e. The average molecular weight is 171 g/mol. The van der Waals surface area contributed by atoms with Gasteiger partial charge in [0.25, 0.3) is 0 Å². The second kappa shape index (κ2) is 3.44. The van der Waals surface area contributed by atoms with Crippen LogP contribution in [0.3, 0.4) is 0 Å². The van der Waals surface area contributed by atoms with E-state index in [0.29, 0.717) is 6.54 Å². The minimum absolute atomic E-state index is 0.0441. The fraction of sp³-hybridized carbons (Fsp3) is 0.889. The summed E-state index contributed by atoms with van der Waals surface area (Å²) in [6.07, 6.45) is 2.48. The predicted molar refractivity (Wildman–Crippen MR) is 46.6 cm³/mol. The van der Waals surface area contributed by atoms with Crippen LogP contribution < -0.4 is 5.73 Å². The fourth-order valence-electron chi connectivity index (χ4n) is 1.80. The molecule has 3 heteroatoms. The number of rotatable bonds is 3. The molecule has 2 N–H and O–H groups in total. The third kappa shape index (κ3) is 1.33. The monoisotopic (exact) mass is 171 g/mol. The molecule has 12 heavy (non-hydrogen) atoms. The molecule has 1 heterocycles. The van der Waals surface area contributed by atoms with Gasteiger partial charge in [0.2, 0.25) is 0 Å². The van der Waals surface area contributed by atoms with Gasteiger partial charge in [-0.3, -0.25) is 4.79 Å². The van der Waals surface area contributed by atoms with Crippen LogP contribution in [0.1, 0.15) is 33.1 Å². The Bertz CT molecular complexity index is 175. The number of carbonyl (C=O) groups is 1. The molecule has 1 unspecified atom stereocenters. The minimum Gasteiger partial charge on any atom is -0.461 e. The lowest BCUT2D eigenvalue weighted by molar-refractivity contribution is -0.148. The van der Waals surface area contributed by atoms with Crippen molar-refractivity contribution in [2.24, 2.45) is 11.1 Å². The Labute approximate surface area is 73.3 Å². The molecule has 1 saturated heterocycles. The van der Waals surface area contributed by atoms with E-state index in [9.17, 15) is 4.79 Å². The van der Waals surface area contributed by atoms with Gasteiger partial charge in [0.05, 0.1) is 5.41 Å². The molecule has 0 aromatic carbocycles. The summed E-state index contributed by atoms with van der Waals surface area (Å²) in [5.74, 6) is -0.0528. The van der Waals surface area contributed by atoms with Gasteiger partial charge in [-0.1, -0.05) is 13.8 Å². The van der Waals surface area contributed by atoms with Crippen LogP contribution >= 0.6 is 0 Å². The van der Waals surface area contributed by atoms with Gasteiger partial charge >= 0.3 is 5.97 Å². The number of esters is 1. The molecule has 1 fully saturated rings. The minimum atomic E-state index is -0.232. The van der Waals surface area contributed by atoms with Crippen LogP contribution in [0.15, 0.2) is 0 Å². The van der Waals surface area contributed by atoms with Gasteiger partial charge in [0, 0.05) is 13.0 Å². The Morgan fingerprint density at radius 1 is 1.58 bits per heavy atom. The van der Waals surface area contributed by atoms with Crippen molar-refractivity contribution >= 4 is 5.97 Å². The summed E-state index contributed by atoms with van der Waals surface area (Å²) >= 11 is 0. The Kier molecular flexibility index (Phi) is 2.73. The van der Waals surface area contributed by atoms with Gasteiger partial charge < -0.3 is 10.5 Å². The van der Waals surface area contributed by atoms with Gasteiger partial charge in [-0.25, -0.2) is 0 Å². The number of hydrogen-bond acceptors (Lipinski definition) is 3. The fourth-order valence-corrected chi connectivity index (χ4v) is 1.80. The molecular weight excluding hydrogens is 154 g/mol. The van der Waals surface area contributed by atoms with Crippen molar-refractivity contribution in [1.82, 2.24) is 0 Å². The Hall–Kier alpha value is -0.570. The third-order valence-electron chi connectivity index (χ3n) is 2.94. The Balaban J connectivity index is 2.72. The highest BCUT2D eigenvalue weighted by Gasteiger charge is 2.45. The summed E-state index contributed by atoms with van der Waals surface area (Å²) in [5.41, 5.74) is 5.22. The van der Waals surface area contributed by atoms with Crippen LogP contribution in [0.25, 0.3) is 0 Å². The summed E-state index contributed by atoms with van der Waals surface area (Å²) in [5, 5.41) is 0. The molecule has 0 spiro atoms. The molecule has 1 aliphatic heterocycles. The van der Waals surface area contributed by atoms with Crippen molar-refractivity contribution in [1.29, 1.82) is 0 Å². The Morgan fingerprint density at radius 3 is 2.42 bits per heavy atom. The zero-order valence-electron chi connectivity index (χ0n) is 7.80. The lowest BCUT2D eigenvalue weighted by atomic mass is 9.80. The second-order valence-electron chi connectivity index (χ2n) is 3.45. The molecule has 0 amide bonds. The van der Waals surface area contributed by atoms with Crippen LogP contribution in [0, 0.1) is 5.41 Å². The summed E-state index contributed by atoms with van der Waals surface area (Å²) in [7, 11) is 0. The van der Waals surface area contributed by atoms with Crippen molar-refractivity contribution in [3.8, 4) is 0 Å². The van der Waals surface area contributed by atoms with E-state index in [1.807, 2.05) is 13.8 Å². The van der Waals surface area contributed by atoms with E-state index in [4.69, 9.17) is 10.5 Å². The molecule has 1 aliphatic rings. The first-order chi connectivity index (χ1) is 5.68. The van der Waals surface area contributed by atoms with Gasteiger partial charge in [-0.15, -0.1) is 0 Å². The zero-order chi connectivity index (χ0) is 9.19. The summed E-state index contributed by atoms with van der Waals surface area (Å²) in [4.78, 5) is 11.4. The van der Waals surface area contributed by atoms with Gasteiger partial charge in [-0.05, 0) is 12.8 Å². The SMILES string of the molecule is CCC1(CC)CC(CN)OC1=O. The first kappa shape index (κ1) is 9.52. The van der Waals surface area contributed by atoms with Gasteiger partial charge in [-0.2, -0.15) is 0 Å². The maximum atomic E-state index is 11.4. The van der Waals surface area contributed by atoms with Crippen LogP contribution in [0.5, 0.6) is 0 Å². The number of cyclic esters (lactones) is 1.